The SMILES string of the molecule is Cc1ccc2c(c1)N(C(=O)C1CC(=O)N(c3ccc(F)c([N+](=O)[O-])c3)C1)CCC2. The molecule has 4 rings (SSSR count). The Labute approximate surface area is 166 Å². The molecule has 0 bridgehead atoms. The lowest BCUT2D eigenvalue weighted by Crippen LogP contribution is -2.40. The summed E-state index contributed by atoms with van der Waals surface area (Å²) in [5, 5.41) is 11.0. The minimum absolute atomic E-state index is 0.0294. The van der Waals surface area contributed by atoms with Gasteiger partial charge in [-0.1, -0.05) is 12.1 Å². The monoisotopic (exact) mass is 397 g/mol. The van der Waals surface area contributed by atoms with Crippen molar-refractivity contribution in [3.8, 4) is 0 Å². The molecule has 2 aliphatic heterocycles. The van der Waals surface area contributed by atoms with Crippen molar-refractivity contribution in [3.05, 3.63) is 63.5 Å². The highest BCUT2D eigenvalue weighted by atomic mass is 19.1. The second kappa shape index (κ2) is 7.27. The number of carbonyl (C=O) groups is 2. The fourth-order valence-electron chi connectivity index (χ4n) is 4.07. The van der Waals surface area contributed by atoms with Gasteiger partial charge in [-0.3, -0.25) is 19.7 Å². The fourth-order valence-corrected chi connectivity index (χ4v) is 4.07. The molecule has 7 nitrogen and oxygen atoms in total. The summed E-state index contributed by atoms with van der Waals surface area (Å²) >= 11 is 0. The van der Waals surface area contributed by atoms with Gasteiger partial charge in [0.05, 0.1) is 16.5 Å². The smallest absolute Gasteiger partial charge is 0.306 e. The molecule has 0 aromatic heterocycles. The van der Waals surface area contributed by atoms with E-state index < -0.39 is 22.3 Å². The number of amides is 2. The number of halogens is 1. The topological polar surface area (TPSA) is 83.8 Å². The predicted octanol–water partition coefficient (Wildman–Crippen LogP) is 3.37. The van der Waals surface area contributed by atoms with Crippen molar-refractivity contribution in [1.82, 2.24) is 0 Å². The van der Waals surface area contributed by atoms with Crippen LogP contribution in [0.4, 0.5) is 21.5 Å². The maximum atomic E-state index is 13.6. The van der Waals surface area contributed by atoms with Crippen molar-refractivity contribution in [2.24, 2.45) is 5.92 Å². The number of anilines is 2. The van der Waals surface area contributed by atoms with E-state index in [0.29, 0.717) is 6.54 Å². The first-order valence-electron chi connectivity index (χ1n) is 9.50. The van der Waals surface area contributed by atoms with Crippen LogP contribution in [0.2, 0.25) is 0 Å². The summed E-state index contributed by atoms with van der Waals surface area (Å²) in [5.41, 5.74) is 2.61. The molecule has 1 saturated heterocycles. The number of nitrogens with zero attached hydrogens (tertiary/aromatic N) is 3. The summed E-state index contributed by atoms with van der Waals surface area (Å²) in [6.45, 7) is 2.69. The molecule has 8 heteroatoms. The molecule has 0 spiro atoms. The maximum absolute atomic E-state index is 13.6. The Morgan fingerprint density at radius 3 is 2.79 bits per heavy atom. The Morgan fingerprint density at radius 2 is 2.03 bits per heavy atom. The number of hydrogen-bond donors (Lipinski definition) is 0. The lowest BCUT2D eigenvalue weighted by atomic mass is 9.97. The fraction of sp³-hybridized carbons (Fsp3) is 0.333. The average Bonchev–Trinajstić information content (AvgIpc) is 3.08. The van der Waals surface area contributed by atoms with E-state index in [1.165, 1.54) is 11.0 Å². The highest BCUT2D eigenvalue weighted by Gasteiger charge is 2.39. The van der Waals surface area contributed by atoms with Crippen LogP contribution in [0.3, 0.4) is 0 Å². The van der Waals surface area contributed by atoms with Crippen LogP contribution in [0.15, 0.2) is 36.4 Å². The van der Waals surface area contributed by atoms with Gasteiger partial charge in [-0.15, -0.1) is 0 Å². The Bertz CT molecular complexity index is 1020. The second-order valence-corrected chi connectivity index (χ2v) is 7.52. The number of carbonyl (C=O) groups excluding carboxylic acids is 2. The molecular weight excluding hydrogens is 377 g/mol. The van der Waals surface area contributed by atoms with Gasteiger partial charge in [0.25, 0.3) is 0 Å². The third kappa shape index (κ3) is 3.46. The zero-order valence-corrected chi connectivity index (χ0v) is 15.9. The van der Waals surface area contributed by atoms with E-state index in [1.807, 2.05) is 25.1 Å². The van der Waals surface area contributed by atoms with Crippen LogP contribution in [-0.4, -0.2) is 29.8 Å². The van der Waals surface area contributed by atoms with Crippen LogP contribution < -0.4 is 9.80 Å². The zero-order chi connectivity index (χ0) is 20.7. The van der Waals surface area contributed by atoms with Crippen molar-refractivity contribution in [2.75, 3.05) is 22.9 Å². The van der Waals surface area contributed by atoms with Gasteiger partial charge in [0.2, 0.25) is 17.6 Å². The molecule has 2 aromatic rings. The molecule has 1 atom stereocenters. The van der Waals surface area contributed by atoms with E-state index in [2.05, 4.69) is 0 Å². The molecule has 0 N–H and O–H groups in total. The number of nitro groups is 1. The standard InChI is InChI=1S/C21H20FN3O4/c1-13-4-5-14-3-2-8-23(18(14)9-13)21(27)15-10-20(26)24(12-15)16-6-7-17(22)19(11-16)25(28)29/h4-7,9,11,15H,2-3,8,10,12H2,1H3. The molecule has 2 heterocycles. The summed E-state index contributed by atoms with van der Waals surface area (Å²) in [6.07, 6.45) is 1.80. The number of nitro benzene ring substituents is 1. The van der Waals surface area contributed by atoms with Crippen molar-refractivity contribution in [1.29, 1.82) is 0 Å². The molecule has 1 unspecified atom stereocenters. The second-order valence-electron chi connectivity index (χ2n) is 7.52. The van der Waals surface area contributed by atoms with E-state index >= 15 is 0 Å². The summed E-state index contributed by atoms with van der Waals surface area (Å²) in [6, 6.07) is 9.39. The number of fused-ring (bicyclic) bond motifs is 1. The predicted molar refractivity (Wildman–Crippen MR) is 105 cm³/mol. The number of rotatable bonds is 3. The first kappa shape index (κ1) is 19.0. The van der Waals surface area contributed by atoms with Crippen LogP contribution in [0.25, 0.3) is 0 Å². The first-order valence-corrected chi connectivity index (χ1v) is 9.50. The Balaban J connectivity index is 1.58. The Kier molecular flexibility index (Phi) is 4.77. The van der Waals surface area contributed by atoms with Crippen molar-refractivity contribution < 1.29 is 18.9 Å². The van der Waals surface area contributed by atoms with Gasteiger partial charge in [-0.2, -0.15) is 4.39 Å². The molecule has 0 aliphatic carbocycles. The summed E-state index contributed by atoms with van der Waals surface area (Å²) < 4.78 is 13.6. The van der Waals surface area contributed by atoms with Crippen LogP contribution in [0.5, 0.6) is 0 Å². The molecular formula is C21H20FN3O4. The molecule has 0 radical (unpaired) electrons. The van der Waals surface area contributed by atoms with Gasteiger partial charge in [0.15, 0.2) is 0 Å². The minimum Gasteiger partial charge on any atom is -0.312 e. The molecule has 0 saturated carbocycles. The van der Waals surface area contributed by atoms with Crippen LogP contribution in [-0.2, 0) is 16.0 Å². The normalized spacial score (nSPS) is 18.7. The zero-order valence-electron chi connectivity index (χ0n) is 15.9. The quantitative estimate of drug-likeness (QED) is 0.587. The Morgan fingerprint density at radius 1 is 1.24 bits per heavy atom. The third-order valence-electron chi connectivity index (χ3n) is 5.54. The van der Waals surface area contributed by atoms with Crippen molar-refractivity contribution >= 4 is 28.9 Å². The van der Waals surface area contributed by atoms with Crippen molar-refractivity contribution in [3.63, 3.8) is 0 Å². The molecule has 1 fully saturated rings. The molecule has 150 valence electrons. The molecule has 29 heavy (non-hydrogen) atoms. The highest BCUT2D eigenvalue weighted by molar-refractivity contribution is 6.05. The first-order chi connectivity index (χ1) is 13.8. The van der Waals surface area contributed by atoms with Gasteiger partial charge in [-0.05, 0) is 49.1 Å². The van der Waals surface area contributed by atoms with Crippen molar-refractivity contribution in [2.45, 2.75) is 26.2 Å². The van der Waals surface area contributed by atoms with Crippen LogP contribution in [0.1, 0.15) is 24.0 Å². The van der Waals surface area contributed by atoms with E-state index in [4.69, 9.17) is 0 Å². The molecule has 2 amide bonds. The maximum Gasteiger partial charge on any atom is 0.306 e. The van der Waals surface area contributed by atoms with Crippen LogP contribution >= 0.6 is 0 Å². The van der Waals surface area contributed by atoms with Gasteiger partial charge in [0.1, 0.15) is 0 Å². The summed E-state index contributed by atoms with van der Waals surface area (Å²) in [5.74, 6) is -1.92. The Hall–Kier alpha value is -3.29. The largest absolute Gasteiger partial charge is 0.312 e. The summed E-state index contributed by atoms with van der Waals surface area (Å²) in [7, 11) is 0. The minimum atomic E-state index is -0.960. The van der Waals surface area contributed by atoms with E-state index in [9.17, 15) is 24.1 Å². The number of aryl methyl sites for hydroxylation is 2. The lowest BCUT2D eigenvalue weighted by Gasteiger charge is -2.31. The summed E-state index contributed by atoms with van der Waals surface area (Å²) in [4.78, 5) is 39.0. The number of benzene rings is 2. The third-order valence-corrected chi connectivity index (χ3v) is 5.54. The van der Waals surface area contributed by atoms with E-state index in [0.717, 1.165) is 41.8 Å². The van der Waals surface area contributed by atoms with Gasteiger partial charge in [0, 0.05) is 31.3 Å². The van der Waals surface area contributed by atoms with Gasteiger partial charge >= 0.3 is 5.69 Å². The van der Waals surface area contributed by atoms with E-state index in [-0.39, 0.29) is 30.5 Å². The van der Waals surface area contributed by atoms with Gasteiger partial charge in [-0.25, -0.2) is 0 Å². The van der Waals surface area contributed by atoms with E-state index in [1.54, 1.807) is 4.90 Å². The molecule has 2 aromatic carbocycles. The van der Waals surface area contributed by atoms with Gasteiger partial charge < -0.3 is 9.80 Å². The van der Waals surface area contributed by atoms with Crippen LogP contribution in [0, 0.1) is 28.8 Å². The average molecular weight is 397 g/mol. The number of hydrogen-bond acceptors (Lipinski definition) is 4. The highest BCUT2D eigenvalue weighted by Crippen LogP contribution is 2.33. The lowest BCUT2D eigenvalue weighted by molar-refractivity contribution is -0.387. The molecule has 2 aliphatic rings.